The Bertz CT molecular complexity index is 502. The van der Waals surface area contributed by atoms with Gasteiger partial charge in [0.1, 0.15) is 0 Å². The molecule has 0 N–H and O–H groups in total. The summed E-state index contributed by atoms with van der Waals surface area (Å²) in [5, 5.41) is 0. The van der Waals surface area contributed by atoms with E-state index >= 15 is 0 Å². The van der Waals surface area contributed by atoms with Gasteiger partial charge in [-0.25, -0.2) is 9.59 Å². The summed E-state index contributed by atoms with van der Waals surface area (Å²) in [4.78, 5) is 29.0. The minimum atomic E-state index is -0.285. The molecule has 0 saturated carbocycles. The first-order valence-corrected chi connectivity index (χ1v) is 6.54. The molecule has 0 aromatic rings. The summed E-state index contributed by atoms with van der Waals surface area (Å²) in [6.07, 6.45) is 5.26. The molecule has 0 saturated heterocycles. The summed E-state index contributed by atoms with van der Waals surface area (Å²) < 4.78 is 0. The lowest BCUT2D eigenvalue weighted by Gasteiger charge is -2.31. The van der Waals surface area contributed by atoms with Gasteiger partial charge in [0, 0.05) is 5.92 Å². The van der Waals surface area contributed by atoms with Crippen molar-refractivity contribution in [3.63, 3.8) is 0 Å². The fraction of sp³-hybridized carbons (Fsp3) is 0.600. The van der Waals surface area contributed by atoms with Gasteiger partial charge >= 0.3 is 0 Å². The zero-order chi connectivity index (χ0) is 14.6. The highest BCUT2D eigenvalue weighted by atomic mass is 16.1. The number of rotatable bonds is 4. The molecule has 1 rings (SSSR count). The summed E-state index contributed by atoms with van der Waals surface area (Å²) in [6.45, 7) is 10.2. The van der Waals surface area contributed by atoms with Crippen molar-refractivity contribution in [1.82, 2.24) is 0 Å². The van der Waals surface area contributed by atoms with E-state index in [1.807, 2.05) is 13.0 Å². The smallest absolute Gasteiger partial charge is 0.211 e. The normalized spacial score (nSPS) is 23.0. The van der Waals surface area contributed by atoms with Gasteiger partial charge in [-0.05, 0) is 23.0 Å². The Labute approximate surface area is 114 Å². The van der Waals surface area contributed by atoms with Gasteiger partial charge in [0.05, 0.1) is 11.7 Å². The van der Waals surface area contributed by atoms with Gasteiger partial charge < -0.3 is 0 Å². The van der Waals surface area contributed by atoms with Crippen molar-refractivity contribution < 1.29 is 9.59 Å². The molecule has 2 atom stereocenters. The Morgan fingerprint density at radius 1 is 1.11 bits per heavy atom. The van der Waals surface area contributed by atoms with Crippen LogP contribution in [0.25, 0.3) is 0 Å². The first kappa shape index (κ1) is 15.3. The van der Waals surface area contributed by atoms with Crippen LogP contribution in [-0.4, -0.2) is 18.2 Å². The molecule has 2 unspecified atom stereocenters. The Balaban J connectivity index is 3.48. The van der Waals surface area contributed by atoms with Crippen LogP contribution in [0.2, 0.25) is 0 Å². The maximum Gasteiger partial charge on any atom is 0.240 e. The van der Waals surface area contributed by atoms with E-state index in [1.165, 1.54) is 0 Å². The van der Waals surface area contributed by atoms with Crippen LogP contribution in [-0.2, 0) is 9.59 Å². The first-order chi connectivity index (χ1) is 8.93. The minimum absolute atomic E-state index is 0.109. The predicted molar refractivity (Wildman–Crippen MR) is 74.0 cm³/mol. The fourth-order valence-corrected chi connectivity index (χ4v) is 2.47. The Hall–Kier alpha value is -1.76. The Morgan fingerprint density at radius 2 is 1.74 bits per heavy atom. The highest BCUT2D eigenvalue weighted by Gasteiger charge is 2.32. The van der Waals surface area contributed by atoms with Crippen LogP contribution in [0.3, 0.4) is 0 Å². The molecule has 0 aliphatic heterocycles. The van der Waals surface area contributed by atoms with Crippen molar-refractivity contribution >= 4 is 12.2 Å². The number of aliphatic imine (C=N–C) groups is 2. The molecular formula is C15H20N2O2. The molecule has 0 bridgehead atoms. The standard InChI is InChI=1S/C15H20N2O2/c1-9(2)12-6-13(10(3)4)15(17-8-19)11(5)14(12)16-7-18/h6,9-11,14H,1-5H3. The highest BCUT2D eigenvalue weighted by molar-refractivity contribution is 5.47. The van der Waals surface area contributed by atoms with Gasteiger partial charge in [-0.1, -0.05) is 40.7 Å². The minimum Gasteiger partial charge on any atom is -0.211 e. The zero-order valence-electron chi connectivity index (χ0n) is 12.1. The topological polar surface area (TPSA) is 58.9 Å². The quantitative estimate of drug-likeness (QED) is 0.575. The molecule has 0 aromatic carbocycles. The summed E-state index contributed by atoms with van der Waals surface area (Å²) >= 11 is 0. The van der Waals surface area contributed by atoms with Crippen LogP contribution in [0.15, 0.2) is 32.9 Å². The number of isocyanates is 2. The molecule has 4 heteroatoms. The molecule has 1 aliphatic carbocycles. The molecular weight excluding hydrogens is 240 g/mol. The average Bonchev–Trinajstić information content (AvgIpc) is 2.33. The van der Waals surface area contributed by atoms with Crippen molar-refractivity contribution in [1.29, 1.82) is 0 Å². The van der Waals surface area contributed by atoms with Gasteiger partial charge in [0.15, 0.2) is 0 Å². The lowest BCUT2D eigenvalue weighted by Crippen LogP contribution is -2.27. The maximum atomic E-state index is 10.6. The lowest BCUT2D eigenvalue weighted by atomic mass is 9.77. The van der Waals surface area contributed by atoms with Crippen molar-refractivity contribution in [2.75, 3.05) is 0 Å². The molecule has 4 nitrogen and oxygen atoms in total. The lowest BCUT2D eigenvalue weighted by molar-refractivity contribution is 0.491. The predicted octanol–water partition coefficient (Wildman–Crippen LogP) is 3.17. The first-order valence-electron chi connectivity index (χ1n) is 6.54. The van der Waals surface area contributed by atoms with Crippen molar-refractivity contribution in [2.24, 2.45) is 27.7 Å². The van der Waals surface area contributed by atoms with E-state index in [0.717, 1.165) is 11.1 Å². The highest BCUT2D eigenvalue weighted by Crippen LogP contribution is 2.38. The third kappa shape index (κ3) is 3.17. The fourth-order valence-electron chi connectivity index (χ4n) is 2.47. The molecule has 0 spiro atoms. The van der Waals surface area contributed by atoms with E-state index in [2.05, 4.69) is 37.7 Å². The van der Waals surface area contributed by atoms with Crippen LogP contribution in [0.1, 0.15) is 34.6 Å². The maximum absolute atomic E-state index is 10.6. The summed E-state index contributed by atoms with van der Waals surface area (Å²) in [7, 11) is 0. The van der Waals surface area contributed by atoms with E-state index < -0.39 is 0 Å². The van der Waals surface area contributed by atoms with E-state index in [4.69, 9.17) is 0 Å². The van der Waals surface area contributed by atoms with Crippen molar-refractivity contribution in [3.8, 4) is 0 Å². The monoisotopic (exact) mass is 260 g/mol. The summed E-state index contributed by atoms with van der Waals surface area (Å²) in [6, 6.07) is -0.285. The number of hydrogen-bond donors (Lipinski definition) is 0. The van der Waals surface area contributed by atoms with Gasteiger partial charge in [-0.15, -0.1) is 0 Å². The molecule has 0 aromatic heterocycles. The van der Waals surface area contributed by atoms with Gasteiger partial charge in [0.2, 0.25) is 12.2 Å². The molecule has 19 heavy (non-hydrogen) atoms. The third-order valence-electron chi connectivity index (χ3n) is 3.51. The zero-order valence-corrected chi connectivity index (χ0v) is 12.1. The second-order valence-corrected chi connectivity index (χ2v) is 5.45. The van der Waals surface area contributed by atoms with Crippen LogP contribution in [0.4, 0.5) is 0 Å². The number of nitrogens with zero attached hydrogens (tertiary/aromatic N) is 2. The molecule has 0 radical (unpaired) electrons. The van der Waals surface area contributed by atoms with E-state index in [0.29, 0.717) is 5.70 Å². The third-order valence-corrected chi connectivity index (χ3v) is 3.51. The SMILES string of the molecule is CC(C)C1=CC(C(C)C)=C(N=C=O)C(C)C1N=C=O. The Kier molecular flexibility index (Phi) is 5.17. The molecule has 0 amide bonds. The van der Waals surface area contributed by atoms with Gasteiger partial charge in [-0.3, -0.25) is 0 Å². The molecule has 1 aliphatic rings. The summed E-state index contributed by atoms with van der Waals surface area (Å²) in [5.74, 6) is 0.423. The van der Waals surface area contributed by atoms with Gasteiger partial charge in [0.25, 0.3) is 0 Å². The van der Waals surface area contributed by atoms with Gasteiger partial charge in [-0.2, -0.15) is 9.98 Å². The summed E-state index contributed by atoms with van der Waals surface area (Å²) in [5.41, 5.74) is 2.79. The Morgan fingerprint density at radius 3 is 2.16 bits per heavy atom. The van der Waals surface area contributed by atoms with E-state index in [1.54, 1.807) is 12.2 Å². The molecule has 0 heterocycles. The second kappa shape index (κ2) is 6.42. The number of carbonyl (C=O) groups excluding carboxylic acids is 2. The van der Waals surface area contributed by atoms with Crippen LogP contribution in [0.5, 0.6) is 0 Å². The number of hydrogen-bond acceptors (Lipinski definition) is 4. The number of allylic oxidation sites excluding steroid dienone is 2. The van der Waals surface area contributed by atoms with E-state index in [-0.39, 0.29) is 23.8 Å². The van der Waals surface area contributed by atoms with Crippen molar-refractivity contribution in [3.05, 3.63) is 22.9 Å². The largest absolute Gasteiger partial charge is 0.240 e. The second-order valence-electron chi connectivity index (χ2n) is 5.45. The average molecular weight is 260 g/mol. The molecule has 0 fully saturated rings. The van der Waals surface area contributed by atoms with E-state index in [9.17, 15) is 9.59 Å². The van der Waals surface area contributed by atoms with Crippen LogP contribution < -0.4 is 0 Å². The van der Waals surface area contributed by atoms with Crippen LogP contribution in [0, 0.1) is 17.8 Å². The van der Waals surface area contributed by atoms with Crippen molar-refractivity contribution in [2.45, 2.75) is 40.7 Å². The molecule has 102 valence electrons. The van der Waals surface area contributed by atoms with Crippen LogP contribution >= 0.6 is 0 Å².